The summed E-state index contributed by atoms with van der Waals surface area (Å²) in [5.41, 5.74) is 0. The van der Waals surface area contributed by atoms with Crippen molar-refractivity contribution in [1.29, 1.82) is 0 Å². The third-order valence-corrected chi connectivity index (χ3v) is 4.44. The molecule has 4 heteroatoms. The van der Waals surface area contributed by atoms with Crippen LogP contribution in [0.3, 0.4) is 0 Å². The van der Waals surface area contributed by atoms with Gasteiger partial charge in [-0.1, -0.05) is 0 Å². The highest BCUT2D eigenvalue weighted by Crippen LogP contribution is 2.25. The molecule has 0 spiro atoms. The number of carbonyl (C=O) groups excluding carboxylic acids is 1. The van der Waals surface area contributed by atoms with Gasteiger partial charge in [-0.25, -0.2) is 0 Å². The lowest BCUT2D eigenvalue weighted by atomic mass is 10.0. The highest BCUT2D eigenvalue weighted by Gasteiger charge is 2.33. The maximum atomic E-state index is 12.3. The molecule has 1 amide bonds. The molecule has 18 heavy (non-hydrogen) atoms. The Bertz CT molecular complexity index is 312. The minimum atomic E-state index is 0.109. The van der Waals surface area contributed by atoms with Gasteiger partial charge in [-0.3, -0.25) is 4.79 Å². The van der Waals surface area contributed by atoms with Crippen LogP contribution in [0.1, 0.15) is 38.5 Å². The third kappa shape index (κ3) is 3.04. The van der Waals surface area contributed by atoms with E-state index in [1.165, 1.54) is 25.7 Å². The van der Waals surface area contributed by atoms with Gasteiger partial charge in [0.15, 0.2) is 0 Å². The molecule has 1 N–H and O–H groups in total. The van der Waals surface area contributed by atoms with Gasteiger partial charge < -0.3 is 15.1 Å². The summed E-state index contributed by atoms with van der Waals surface area (Å²) in [7, 11) is 2.19. The van der Waals surface area contributed by atoms with Crippen LogP contribution in [0.5, 0.6) is 0 Å². The molecule has 3 rings (SSSR count). The predicted octanol–water partition coefficient (Wildman–Crippen LogP) is 0.824. The lowest BCUT2D eigenvalue weighted by Crippen LogP contribution is -2.52. The highest BCUT2D eigenvalue weighted by atomic mass is 16.2. The standard InChI is InChI=1S/C14H25N3O/c1-16(12-6-7-12)9-10-17-8-2-3-13(14(17)18)15-11-4-5-11/h11-13,15H,2-10H2,1H3. The number of likely N-dealkylation sites (N-methyl/N-ethyl adjacent to an activating group) is 1. The zero-order chi connectivity index (χ0) is 12.5. The normalized spacial score (nSPS) is 29.1. The molecule has 1 unspecified atom stereocenters. The van der Waals surface area contributed by atoms with E-state index in [9.17, 15) is 4.79 Å². The summed E-state index contributed by atoms with van der Waals surface area (Å²) in [6.07, 6.45) is 7.39. The Morgan fingerprint density at radius 1 is 1.28 bits per heavy atom. The van der Waals surface area contributed by atoms with Crippen molar-refractivity contribution in [2.75, 3.05) is 26.7 Å². The van der Waals surface area contributed by atoms with Gasteiger partial charge in [-0.15, -0.1) is 0 Å². The third-order valence-electron chi connectivity index (χ3n) is 4.44. The molecular formula is C14H25N3O. The average molecular weight is 251 g/mol. The Kier molecular flexibility index (Phi) is 3.57. The number of amides is 1. The van der Waals surface area contributed by atoms with Crippen LogP contribution in [-0.4, -0.2) is 60.5 Å². The first-order chi connectivity index (χ1) is 8.74. The van der Waals surface area contributed by atoms with E-state index in [-0.39, 0.29) is 6.04 Å². The van der Waals surface area contributed by atoms with Crippen molar-refractivity contribution in [3.8, 4) is 0 Å². The number of piperidine rings is 1. The molecule has 0 aromatic rings. The molecule has 0 bridgehead atoms. The van der Waals surface area contributed by atoms with E-state index in [1.54, 1.807) is 0 Å². The monoisotopic (exact) mass is 251 g/mol. The van der Waals surface area contributed by atoms with Crippen LogP contribution in [0, 0.1) is 0 Å². The van der Waals surface area contributed by atoms with Crippen LogP contribution in [0.2, 0.25) is 0 Å². The Labute approximate surface area is 110 Å². The van der Waals surface area contributed by atoms with Crippen LogP contribution < -0.4 is 5.32 Å². The van der Waals surface area contributed by atoms with Crippen molar-refractivity contribution in [1.82, 2.24) is 15.1 Å². The first-order valence-electron chi connectivity index (χ1n) is 7.49. The summed E-state index contributed by atoms with van der Waals surface area (Å²) in [6.45, 7) is 2.90. The van der Waals surface area contributed by atoms with E-state index < -0.39 is 0 Å². The fraction of sp³-hybridized carbons (Fsp3) is 0.929. The quantitative estimate of drug-likeness (QED) is 0.759. The van der Waals surface area contributed by atoms with E-state index in [4.69, 9.17) is 0 Å². The van der Waals surface area contributed by atoms with E-state index in [0.717, 1.165) is 38.5 Å². The van der Waals surface area contributed by atoms with Gasteiger partial charge in [-0.2, -0.15) is 0 Å². The number of hydrogen-bond donors (Lipinski definition) is 1. The zero-order valence-corrected chi connectivity index (χ0v) is 11.4. The van der Waals surface area contributed by atoms with Crippen molar-refractivity contribution in [2.45, 2.75) is 56.7 Å². The lowest BCUT2D eigenvalue weighted by Gasteiger charge is -2.34. The zero-order valence-electron chi connectivity index (χ0n) is 11.4. The summed E-state index contributed by atoms with van der Waals surface area (Å²) < 4.78 is 0. The second-order valence-electron chi connectivity index (χ2n) is 6.17. The smallest absolute Gasteiger partial charge is 0.239 e. The van der Waals surface area contributed by atoms with Crippen molar-refractivity contribution in [2.24, 2.45) is 0 Å². The van der Waals surface area contributed by atoms with Crippen molar-refractivity contribution in [3.05, 3.63) is 0 Å². The summed E-state index contributed by atoms with van der Waals surface area (Å²) in [4.78, 5) is 16.8. The molecule has 1 heterocycles. The maximum absolute atomic E-state index is 12.3. The van der Waals surface area contributed by atoms with E-state index in [0.29, 0.717) is 11.9 Å². The first-order valence-corrected chi connectivity index (χ1v) is 7.49. The van der Waals surface area contributed by atoms with Gasteiger partial charge in [0.2, 0.25) is 5.91 Å². The largest absolute Gasteiger partial charge is 0.340 e. The van der Waals surface area contributed by atoms with E-state index in [2.05, 4.69) is 22.2 Å². The Balaban J connectivity index is 1.46. The minimum absolute atomic E-state index is 0.109. The summed E-state index contributed by atoms with van der Waals surface area (Å²) in [6, 6.07) is 1.54. The fourth-order valence-corrected chi connectivity index (χ4v) is 2.83. The second-order valence-corrected chi connectivity index (χ2v) is 6.17. The molecule has 0 aromatic carbocycles. The average Bonchev–Trinajstić information content (AvgIpc) is 3.23. The van der Waals surface area contributed by atoms with Gasteiger partial charge in [0.05, 0.1) is 6.04 Å². The SMILES string of the molecule is CN(CCN1CCCC(NC2CC2)C1=O)C1CC1. The number of likely N-dealkylation sites (tertiary alicyclic amines) is 1. The fourth-order valence-electron chi connectivity index (χ4n) is 2.83. The molecule has 2 saturated carbocycles. The van der Waals surface area contributed by atoms with Gasteiger partial charge >= 0.3 is 0 Å². The van der Waals surface area contributed by atoms with Crippen LogP contribution >= 0.6 is 0 Å². The van der Waals surface area contributed by atoms with E-state index >= 15 is 0 Å². The van der Waals surface area contributed by atoms with Crippen LogP contribution in [0.25, 0.3) is 0 Å². The first kappa shape index (κ1) is 12.4. The number of hydrogen-bond acceptors (Lipinski definition) is 3. The number of rotatable bonds is 6. The van der Waals surface area contributed by atoms with E-state index in [1.807, 2.05) is 0 Å². The molecule has 0 radical (unpaired) electrons. The topological polar surface area (TPSA) is 35.6 Å². The molecule has 0 aromatic heterocycles. The van der Waals surface area contributed by atoms with Crippen molar-refractivity contribution >= 4 is 5.91 Å². The molecule has 1 atom stereocenters. The van der Waals surface area contributed by atoms with Gasteiger partial charge in [-0.05, 0) is 45.6 Å². The van der Waals surface area contributed by atoms with Crippen LogP contribution in [-0.2, 0) is 4.79 Å². The summed E-state index contributed by atoms with van der Waals surface area (Å²) in [5, 5.41) is 3.49. The lowest BCUT2D eigenvalue weighted by molar-refractivity contribution is -0.136. The molecule has 4 nitrogen and oxygen atoms in total. The predicted molar refractivity (Wildman–Crippen MR) is 71.4 cm³/mol. The highest BCUT2D eigenvalue weighted by molar-refractivity contribution is 5.82. The minimum Gasteiger partial charge on any atom is -0.340 e. The van der Waals surface area contributed by atoms with Crippen LogP contribution in [0.4, 0.5) is 0 Å². The van der Waals surface area contributed by atoms with Crippen molar-refractivity contribution in [3.63, 3.8) is 0 Å². The molecular weight excluding hydrogens is 226 g/mol. The van der Waals surface area contributed by atoms with Gasteiger partial charge in [0, 0.05) is 31.7 Å². The van der Waals surface area contributed by atoms with Crippen molar-refractivity contribution < 1.29 is 4.79 Å². The maximum Gasteiger partial charge on any atom is 0.239 e. The van der Waals surface area contributed by atoms with Crippen LogP contribution in [0.15, 0.2) is 0 Å². The Morgan fingerprint density at radius 2 is 2.06 bits per heavy atom. The summed E-state index contributed by atoms with van der Waals surface area (Å²) in [5.74, 6) is 0.345. The van der Waals surface area contributed by atoms with Gasteiger partial charge in [0.25, 0.3) is 0 Å². The van der Waals surface area contributed by atoms with Gasteiger partial charge in [0.1, 0.15) is 0 Å². The molecule has 1 aliphatic heterocycles. The second kappa shape index (κ2) is 5.17. The molecule has 3 fully saturated rings. The molecule has 1 saturated heterocycles. The Hall–Kier alpha value is -0.610. The molecule has 2 aliphatic carbocycles. The number of carbonyl (C=O) groups is 1. The summed E-state index contributed by atoms with van der Waals surface area (Å²) >= 11 is 0. The number of nitrogens with one attached hydrogen (secondary N) is 1. The Morgan fingerprint density at radius 3 is 2.72 bits per heavy atom. The number of nitrogens with zero attached hydrogens (tertiary/aromatic N) is 2. The molecule has 3 aliphatic rings. The molecule has 102 valence electrons.